The molecule has 0 aliphatic carbocycles. The summed E-state index contributed by atoms with van der Waals surface area (Å²) in [5, 5.41) is 3.13. The highest BCUT2D eigenvalue weighted by Crippen LogP contribution is 2.34. The Hall–Kier alpha value is -3.44. The van der Waals surface area contributed by atoms with E-state index < -0.39 is 17.8 Å². The fourth-order valence-corrected chi connectivity index (χ4v) is 5.03. The third kappa shape index (κ3) is 5.72. The van der Waals surface area contributed by atoms with Crippen LogP contribution in [0.3, 0.4) is 0 Å². The van der Waals surface area contributed by atoms with E-state index in [-0.39, 0.29) is 26.8 Å². The summed E-state index contributed by atoms with van der Waals surface area (Å²) in [7, 11) is 2.44. The molecule has 0 spiro atoms. The summed E-state index contributed by atoms with van der Waals surface area (Å²) in [6.45, 7) is 3.33. The van der Waals surface area contributed by atoms with Crippen molar-refractivity contribution in [3.8, 4) is 0 Å². The first-order valence-corrected chi connectivity index (χ1v) is 11.9. The molecule has 2 heterocycles. The van der Waals surface area contributed by atoms with Crippen molar-refractivity contribution >= 4 is 45.9 Å². The number of aromatic amines is 1. The lowest BCUT2D eigenvalue weighted by molar-refractivity contribution is -0.113. The Morgan fingerprint density at radius 1 is 1.09 bits per heavy atom. The Morgan fingerprint density at radius 3 is 2.38 bits per heavy atom. The van der Waals surface area contributed by atoms with Crippen LogP contribution < -0.4 is 10.9 Å². The quantitative estimate of drug-likeness (QED) is 0.273. The first-order chi connectivity index (χ1) is 16.2. The number of thiophene rings is 1. The third-order valence-electron chi connectivity index (χ3n) is 4.92. The lowest BCUT2D eigenvalue weighted by atomic mass is 10.1. The Morgan fingerprint density at radius 2 is 1.76 bits per heavy atom. The number of carbonyl (C=O) groups is 3. The number of methoxy groups -OCH3 is 2. The number of benzene rings is 1. The number of esters is 2. The summed E-state index contributed by atoms with van der Waals surface area (Å²) in [4.78, 5) is 56.7. The van der Waals surface area contributed by atoms with Crippen molar-refractivity contribution in [2.45, 2.75) is 25.4 Å². The Labute approximate surface area is 203 Å². The van der Waals surface area contributed by atoms with E-state index in [4.69, 9.17) is 9.47 Å². The molecule has 0 aliphatic rings. The molecule has 0 aliphatic heterocycles. The molecule has 2 N–H and O–H groups in total. The van der Waals surface area contributed by atoms with E-state index >= 15 is 0 Å². The number of hydrogen-bond donors (Lipinski definition) is 2. The zero-order valence-electron chi connectivity index (χ0n) is 19.0. The highest BCUT2D eigenvalue weighted by Gasteiger charge is 2.26. The van der Waals surface area contributed by atoms with E-state index in [2.05, 4.69) is 15.3 Å². The largest absolute Gasteiger partial charge is 0.465 e. The number of nitrogens with zero attached hydrogens (tertiary/aromatic N) is 1. The second-order valence-corrected chi connectivity index (χ2v) is 9.16. The topological polar surface area (TPSA) is 127 Å². The van der Waals surface area contributed by atoms with Gasteiger partial charge in [-0.15, -0.1) is 11.3 Å². The van der Waals surface area contributed by atoms with Gasteiger partial charge in [0.2, 0.25) is 5.91 Å². The fourth-order valence-electron chi connectivity index (χ4n) is 3.19. The average molecular weight is 502 g/mol. The van der Waals surface area contributed by atoms with E-state index in [9.17, 15) is 19.2 Å². The fraction of sp³-hybridized carbons (Fsp3) is 0.261. The van der Waals surface area contributed by atoms with Crippen LogP contribution in [0.4, 0.5) is 5.00 Å². The molecule has 9 nitrogen and oxygen atoms in total. The van der Waals surface area contributed by atoms with Gasteiger partial charge >= 0.3 is 11.9 Å². The third-order valence-corrected chi connectivity index (χ3v) is 6.98. The first-order valence-electron chi connectivity index (χ1n) is 10.1. The van der Waals surface area contributed by atoms with Gasteiger partial charge in [0.1, 0.15) is 9.88 Å². The SMILES string of the molecule is COC(=O)c1sc(NC(=O)CSc2nc(C)c(Cc3ccccc3)c(=O)[nH]2)c(C(=O)OC)c1C. The summed E-state index contributed by atoms with van der Waals surface area (Å²) in [6, 6.07) is 9.60. The maximum Gasteiger partial charge on any atom is 0.348 e. The van der Waals surface area contributed by atoms with Gasteiger partial charge in [0.25, 0.3) is 5.56 Å². The molecule has 11 heteroatoms. The van der Waals surface area contributed by atoms with Gasteiger partial charge in [-0.25, -0.2) is 14.6 Å². The van der Waals surface area contributed by atoms with Crippen molar-refractivity contribution < 1.29 is 23.9 Å². The molecule has 0 unspecified atom stereocenters. The molecule has 0 bridgehead atoms. The van der Waals surface area contributed by atoms with Crippen molar-refractivity contribution in [1.29, 1.82) is 0 Å². The number of anilines is 1. The minimum atomic E-state index is -0.678. The van der Waals surface area contributed by atoms with Gasteiger partial charge < -0.3 is 19.8 Å². The molecule has 0 saturated carbocycles. The Kier molecular flexibility index (Phi) is 8.24. The zero-order valence-corrected chi connectivity index (χ0v) is 20.6. The van der Waals surface area contributed by atoms with Crippen LogP contribution in [0.5, 0.6) is 0 Å². The summed E-state index contributed by atoms with van der Waals surface area (Å²) in [5.74, 6) is -1.81. The maximum absolute atomic E-state index is 12.6. The molecular weight excluding hydrogens is 478 g/mol. The van der Waals surface area contributed by atoms with Crippen molar-refractivity contribution in [3.05, 3.63) is 73.5 Å². The van der Waals surface area contributed by atoms with Crippen LogP contribution in [0.25, 0.3) is 0 Å². The molecule has 0 atom stereocenters. The monoisotopic (exact) mass is 501 g/mol. The molecule has 0 saturated heterocycles. The number of aryl methyl sites for hydroxylation is 1. The van der Waals surface area contributed by atoms with Gasteiger partial charge in [-0.05, 0) is 25.0 Å². The van der Waals surface area contributed by atoms with Crippen LogP contribution in [0.2, 0.25) is 0 Å². The number of ether oxygens (including phenoxy) is 2. The molecule has 3 aromatic rings. The molecular formula is C23H23N3O6S2. The van der Waals surface area contributed by atoms with Gasteiger partial charge in [-0.3, -0.25) is 9.59 Å². The predicted octanol–water partition coefficient (Wildman–Crippen LogP) is 3.34. The molecule has 34 heavy (non-hydrogen) atoms. The van der Waals surface area contributed by atoms with Crippen LogP contribution in [-0.4, -0.2) is 47.8 Å². The van der Waals surface area contributed by atoms with E-state index in [0.717, 1.165) is 28.7 Å². The Balaban J connectivity index is 1.72. The highest BCUT2D eigenvalue weighted by atomic mass is 32.2. The summed E-state index contributed by atoms with van der Waals surface area (Å²) in [5.41, 5.74) is 2.34. The number of rotatable bonds is 8. The van der Waals surface area contributed by atoms with Crippen LogP contribution in [0.15, 0.2) is 40.3 Å². The van der Waals surface area contributed by atoms with E-state index in [0.29, 0.717) is 28.4 Å². The lowest BCUT2D eigenvalue weighted by Crippen LogP contribution is -2.19. The molecule has 178 valence electrons. The van der Waals surface area contributed by atoms with Crippen molar-refractivity contribution in [3.63, 3.8) is 0 Å². The summed E-state index contributed by atoms with van der Waals surface area (Å²) >= 11 is 1.98. The number of hydrogen-bond acceptors (Lipinski definition) is 9. The molecule has 2 aromatic heterocycles. The number of amides is 1. The van der Waals surface area contributed by atoms with Crippen LogP contribution in [0.1, 0.15) is 42.4 Å². The first kappa shape index (κ1) is 25.2. The van der Waals surface area contributed by atoms with E-state index in [1.54, 1.807) is 13.8 Å². The highest BCUT2D eigenvalue weighted by molar-refractivity contribution is 7.99. The van der Waals surface area contributed by atoms with Crippen LogP contribution in [-0.2, 0) is 20.7 Å². The lowest BCUT2D eigenvalue weighted by Gasteiger charge is -2.08. The van der Waals surface area contributed by atoms with Crippen molar-refractivity contribution in [1.82, 2.24) is 9.97 Å². The molecule has 3 rings (SSSR count). The van der Waals surface area contributed by atoms with Crippen molar-refractivity contribution in [2.75, 3.05) is 25.3 Å². The van der Waals surface area contributed by atoms with Crippen molar-refractivity contribution in [2.24, 2.45) is 0 Å². The molecule has 1 aromatic carbocycles. The second-order valence-electron chi connectivity index (χ2n) is 7.18. The van der Waals surface area contributed by atoms with Gasteiger partial charge in [-0.1, -0.05) is 42.1 Å². The zero-order chi connectivity index (χ0) is 24.8. The number of H-pyrrole nitrogens is 1. The van der Waals surface area contributed by atoms with Gasteiger partial charge in [0.05, 0.1) is 25.5 Å². The average Bonchev–Trinajstić information content (AvgIpc) is 3.15. The van der Waals surface area contributed by atoms with Gasteiger partial charge in [-0.2, -0.15) is 0 Å². The second kappa shape index (κ2) is 11.1. The summed E-state index contributed by atoms with van der Waals surface area (Å²) in [6.07, 6.45) is 0.455. The molecule has 1 amide bonds. The minimum Gasteiger partial charge on any atom is -0.465 e. The predicted molar refractivity (Wildman–Crippen MR) is 130 cm³/mol. The standard InChI is InChI=1S/C23H23N3O6S2/c1-12-17(21(29)31-3)20(34-18(12)22(30)32-4)25-16(27)11-33-23-24-13(2)15(19(28)26-23)10-14-8-6-5-7-9-14/h5-9H,10-11H2,1-4H3,(H,25,27)(H,24,26,28). The summed E-state index contributed by atoms with van der Waals surface area (Å²) < 4.78 is 9.52. The Bertz CT molecular complexity index is 1280. The van der Waals surface area contributed by atoms with Gasteiger partial charge in [0, 0.05) is 17.7 Å². The number of thioether (sulfide) groups is 1. The van der Waals surface area contributed by atoms with Gasteiger partial charge in [0.15, 0.2) is 5.16 Å². The maximum atomic E-state index is 12.6. The number of nitrogens with one attached hydrogen (secondary N) is 2. The number of carbonyl (C=O) groups excluding carboxylic acids is 3. The van der Waals surface area contributed by atoms with Crippen LogP contribution in [0, 0.1) is 13.8 Å². The molecule has 0 fully saturated rings. The van der Waals surface area contributed by atoms with E-state index in [1.807, 2.05) is 30.3 Å². The van der Waals surface area contributed by atoms with Crippen LogP contribution >= 0.6 is 23.1 Å². The smallest absolute Gasteiger partial charge is 0.348 e. The normalized spacial score (nSPS) is 10.6. The van der Waals surface area contributed by atoms with E-state index in [1.165, 1.54) is 14.2 Å². The number of aromatic nitrogens is 2. The minimum absolute atomic E-state index is 0.0778. The molecule has 0 radical (unpaired) electrons.